The lowest BCUT2D eigenvalue weighted by atomic mass is 10.1. The van der Waals surface area contributed by atoms with Gasteiger partial charge in [-0.1, -0.05) is 77.6 Å². The van der Waals surface area contributed by atoms with Gasteiger partial charge in [0.15, 0.2) is 0 Å². The molecule has 1 heteroatoms. The Hall–Kier alpha value is 0.350. The monoisotopic (exact) mass is 243 g/mol. The van der Waals surface area contributed by atoms with E-state index in [2.05, 4.69) is 18.9 Å². The molecule has 1 radical (unpaired) electrons. The van der Waals surface area contributed by atoms with Gasteiger partial charge in [0, 0.05) is 5.75 Å². The van der Waals surface area contributed by atoms with Gasteiger partial charge in [-0.15, -0.1) is 0 Å². The Bertz CT molecular complexity index is 98.0. The van der Waals surface area contributed by atoms with E-state index in [1.807, 2.05) is 11.8 Å². The number of hydrogen-bond donors (Lipinski definition) is 0. The van der Waals surface area contributed by atoms with Gasteiger partial charge < -0.3 is 0 Å². The van der Waals surface area contributed by atoms with Crippen LogP contribution in [0.4, 0.5) is 0 Å². The average Bonchev–Trinajstić information content (AvgIpc) is 2.31. The molecule has 0 spiro atoms. The van der Waals surface area contributed by atoms with E-state index < -0.39 is 0 Å². The summed E-state index contributed by atoms with van der Waals surface area (Å²) in [6, 6.07) is 0. The van der Waals surface area contributed by atoms with Crippen molar-refractivity contribution < 1.29 is 0 Å². The van der Waals surface area contributed by atoms with Crippen molar-refractivity contribution in [3.63, 3.8) is 0 Å². The zero-order chi connectivity index (χ0) is 11.9. The third-order valence-electron chi connectivity index (χ3n) is 3.09. The van der Waals surface area contributed by atoms with Gasteiger partial charge in [0.05, 0.1) is 0 Å². The van der Waals surface area contributed by atoms with Crippen LogP contribution in [0.3, 0.4) is 0 Å². The molecule has 0 aliphatic carbocycles. The number of hydrogen-bond acceptors (Lipinski definition) is 1. The third-order valence-corrected chi connectivity index (χ3v) is 3.66. The van der Waals surface area contributed by atoms with Crippen LogP contribution in [-0.2, 0) is 0 Å². The highest BCUT2D eigenvalue weighted by Crippen LogP contribution is 2.13. The molecule has 0 amide bonds. The van der Waals surface area contributed by atoms with Crippen LogP contribution >= 0.6 is 11.8 Å². The summed E-state index contributed by atoms with van der Waals surface area (Å²) in [5.41, 5.74) is 0. The van der Waals surface area contributed by atoms with Crippen molar-refractivity contribution in [1.82, 2.24) is 0 Å². The minimum atomic E-state index is 1.30. The maximum absolute atomic E-state index is 2.33. The lowest BCUT2D eigenvalue weighted by Crippen LogP contribution is -1.82. The summed E-state index contributed by atoms with van der Waals surface area (Å²) >= 11 is 1.86. The first kappa shape index (κ1) is 16.4. The lowest BCUT2D eigenvalue weighted by molar-refractivity contribution is 0.550. The average molecular weight is 243 g/mol. The van der Waals surface area contributed by atoms with E-state index >= 15 is 0 Å². The van der Waals surface area contributed by atoms with Crippen LogP contribution in [0.1, 0.15) is 84.0 Å². The van der Waals surface area contributed by atoms with Crippen molar-refractivity contribution >= 4 is 11.8 Å². The molecule has 0 aliphatic rings. The Morgan fingerprint density at radius 3 is 1.56 bits per heavy atom. The summed E-state index contributed by atoms with van der Waals surface area (Å²) < 4.78 is 0. The first-order valence-electron chi connectivity index (χ1n) is 7.26. The van der Waals surface area contributed by atoms with E-state index in [4.69, 9.17) is 0 Å². The second-order valence-corrected chi connectivity index (χ2v) is 5.53. The molecule has 0 aromatic rings. The van der Waals surface area contributed by atoms with Gasteiger partial charge in [-0.25, -0.2) is 0 Å². The van der Waals surface area contributed by atoms with Gasteiger partial charge in [0.1, 0.15) is 0 Å². The Balaban J connectivity index is 2.83. The molecule has 0 aliphatic heterocycles. The van der Waals surface area contributed by atoms with Crippen LogP contribution < -0.4 is 0 Å². The van der Waals surface area contributed by atoms with Gasteiger partial charge in [0.2, 0.25) is 0 Å². The van der Waals surface area contributed by atoms with Gasteiger partial charge in [0.25, 0.3) is 0 Å². The van der Waals surface area contributed by atoms with Crippen LogP contribution in [-0.4, -0.2) is 6.26 Å². The Morgan fingerprint density at radius 2 is 1.12 bits per heavy atom. The highest BCUT2D eigenvalue weighted by atomic mass is 32.2. The quantitative estimate of drug-likeness (QED) is 0.346. The second kappa shape index (κ2) is 15.4. The maximum atomic E-state index is 2.33. The van der Waals surface area contributed by atoms with Crippen LogP contribution in [0.25, 0.3) is 0 Å². The van der Waals surface area contributed by atoms with Crippen molar-refractivity contribution in [3.05, 3.63) is 5.75 Å². The summed E-state index contributed by atoms with van der Waals surface area (Å²) in [6.45, 7) is 2.29. The molecule has 0 N–H and O–H groups in total. The number of rotatable bonds is 13. The summed E-state index contributed by atoms with van der Waals surface area (Å²) in [7, 11) is 0. The fraction of sp³-hybridized carbons (Fsp3) is 0.933. The molecule has 0 atom stereocenters. The van der Waals surface area contributed by atoms with Crippen molar-refractivity contribution in [2.45, 2.75) is 84.0 Å². The molecule has 0 nitrogen and oxygen atoms in total. The highest BCUT2D eigenvalue weighted by Gasteiger charge is 1.93. The van der Waals surface area contributed by atoms with Gasteiger partial charge in [-0.05, 0) is 12.7 Å². The van der Waals surface area contributed by atoms with E-state index in [1.54, 1.807) is 0 Å². The normalized spacial score (nSPS) is 10.9. The second-order valence-electron chi connectivity index (χ2n) is 4.73. The predicted octanol–water partition coefficient (Wildman–Crippen LogP) is 6.21. The zero-order valence-corrected chi connectivity index (χ0v) is 12.3. The Kier molecular flexibility index (Phi) is 15.7. The molecule has 0 aromatic carbocycles. The third kappa shape index (κ3) is 14.4. The van der Waals surface area contributed by atoms with E-state index in [0.29, 0.717) is 0 Å². The topological polar surface area (TPSA) is 0 Å². The minimum Gasteiger partial charge on any atom is -0.161 e. The standard InChI is InChI=1S/C15H31S/c1-3-4-5-6-7-8-9-10-11-12-13-14-15-16-2/h15H,3-14H2,1-2H3. The SMILES string of the molecule is CCCCCCCCCCCCC[CH]SC. The molecule has 0 heterocycles. The van der Waals surface area contributed by atoms with E-state index in [1.165, 1.54) is 77.0 Å². The summed E-state index contributed by atoms with van der Waals surface area (Å²) in [5.74, 6) is 2.33. The molecule has 0 saturated heterocycles. The van der Waals surface area contributed by atoms with Crippen molar-refractivity contribution in [1.29, 1.82) is 0 Å². The van der Waals surface area contributed by atoms with Crippen molar-refractivity contribution in [2.24, 2.45) is 0 Å². The molecule has 0 saturated carbocycles. The van der Waals surface area contributed by atoms with Crippen LogP contribution in [0.2, 0.25) is 0 Å². The molecule has 97 valence electrons. The van der Waals surface area contributed by atoms with Crippen molar-refractivity contribution in [2.75, 3.05) is 6.26 Å². The van der Waals surface area contributed by atoms with Crippen LogP contribution in [0, 0.1) is 5.75 Å². The Labute approximate surface area is 108 Å². The summed E-state index contributed by atoms with van der Waals surface area (Å²) in [5, 5.41) is 0. The highest BCUT2D eigenvalue weighted by molar-refractivity contribution is 8.00. The molecule has 0 rings (SSSR count). The smallest absolute Gasteiger partial charge is 0.0163 e. The molecule has 0 fully saturated rings. The Morgan fingerprint density at radius 1 is 0.688 bits per heavy atom. The molecule has 0 unspecified atom stereocenters. The molecular weight excluding hydrogens is 212 g/mol. The first-order chi connectivity index (χ1) is 7.91. The first-order valence-corrected chi connectivity index (χ1v) is 8.55. The van der Waals surface area contributed by atoms with Gasteiger partial charge in [-0.2, -0.15) is 11.8 Å². The number of unbranched alkanes of at least 4 members (excludes halogenated alkanes) is 11. The van der Waals surface area contributed by atoms with E-state index in [0.717, 1.165) is 0 Å². The minimum absolute atomic E-state index is 1.30. The number of thioether (sulfide) groups is 1. The van der Waals surface area contributed by atoms with Crippen LogP contribution in [0.15, 0.2) is 0 Å². The molecule has 0 aromatic heterocycles. The van der Waals surface area contributed by atoms with Crippen molar-refractivity contribution in [3.8, 4) is 0 Å². The fourth-order valence-electron chi connectivity index (χ4n) is 2.01. The van der Waals surface area contributed by atoms with Gasteiger partial charge >= 0.3 is 0 Å². The van der Waals surface area contributed by atoms with Gasteiger partial charge in [-0.3, -0.25) is 0 Å². The zero-order valence-electron chi connectivity index (χ0n) is 11.5. The maximum Gasteiger partial charge on any atom is 0.0163 e. The molecule has 16 heavy (non-hydrogen) atoms. The van der Waals surface area contributed by atoms with E-state index in [-0.39, 0.29) is 0 Å². The summed E-state index contributed by atoms with van der Waals surface area (Å²) in [6.07, 6.45) is 19.4. The summed E-state index contributed by atoms with van der Waals surface area (Å²) in [4.78, 5) is 0. The van der Waals surface area contributed by atoms with E-state index in [9.17, 15) is 0 Å². The molecule has 0 bridgehead atoms. The lowest BCUT2D eigenvalue weighted by Gasteiger charge is -2.02. The molecular formula is C15H31S. The fourth-order valence-corrected chi connectivity index (χ4v) is 2.41. The largest absolute Gasteiger partial charge is 0.161 e. The predicted molar refractivity (Wildman–Crippen MR) is 78.9 cm³/mol. The van der Waals surface area contributed by atoms with Crippen LogP contribution in [0.5, 0.6) is 0 Å².